The molecule has 11 heteroatoms. The van der Waals surface area contributed by atoms with E-state index in [1.54, 1.807) is 19.2 Å². The van der Waals surface area contributed by atoms with Gasteiger partial charge in [0.05, 0.1) is 0 Å². The van der Waals surface area contributed by atoms with Crippen LogP contribution >= 0.6 is 24.0 Å². The Morgan fingerprint density at radius 2 is 1.91 bits per heavy atom. The summed E-state index contributed by atoms with van der Waals surface area (Å²) in [5.74, 6) is 3.01. The first-order valence-electron chi connectivity index (χ1n) is 10.6. The number of benzene rings is 1. The molecule has 2 aromatic rings. The van der Waals surface area contributed by atoms with Gasteiger partial charge in [0.1, 0.15) is 17.4 Å². The topological polar surface area (TPSA) is 76.4 Å². The Morgan fingerprint density at radius 1 is 1.12 bits per heavy atom. The van der Waals surface area contributed by atoms with Crippen molar-refractivity contribution in [1.82, 2.24) is 25.4 Å². The van der Waals surface area contributed by atoms with Gasteiger partial charge in [0.2, 0.25) is 0 Å². The molecule has 0 bridgehead atoms. The SMILES string of the molecule is CN=C(NCCCc1nnc2n1CCCCC2)NCc1ccc(OCC(F)(F)F)cc1.I. The molecule has 0 amide bonds. The Labute approximate surface area is 203 Å². The van der Waals surface area contributed by atoms with E-state index < -0.39 is 12.8 Å². The normalized spacial score (nSPS) is 14.2. The van der Waals surface area contributed by atoms with Crippen molar-refractivity contribution in [2.45, 2.75) is 57.8 Å². The summed E-state index contributed by atoms with van der Waals surface area (Å²) in [6, 6.07) is 6.51. The molecular weight excluding hydrogens is 536 g/mol. The second kappa shape index (κ2) is 12.9. The third-order valence-corrected chi connectivity index (χ3v) is 5.07. The zero-order valence-corrected chi connectivity index (χ0v) is 20.5. The number of halogens is 4. The number of ether oxygens (including phenoxy) is 1. The summed E-state index contributed by atoms with van der Waals surface area (Å²) in [7, 11) is 1.70. The lowest BCUT2D eigenvalue weighted by Crippen LogP contribution is -2.37. The van der Waals surface area contributed by atoms with E-state index in [1.165, 1.54) is 31.4 Å². The van der Waals surface area contributed by atoms with Crippen LogP contribution in [0.2, 0.25) is 0 Å². The molecule has 0 unspecified atom stereocenters. The predicted molar refractivity (Wildman–Crippen MR) is 128 cm³/mol. The highest BCUT2D eigenvalue weighted by Gasteiger charge is 2.28. The van der Waals surface area contributed by atoms with Gasteiger partial charge in [0.15, 0.2) is 12.6 Å². The number of nitrogens with one attached hydrogen (secondary N) is 2. The maximum absolute atomic E-state index is 12.2. The number of aliphatic imine (C=N–C) groups is 1. The highest BCUT2D eigenvalue weighted by Crippen LogP contribution is 2.19. The molecule has 0 aliphatic carbocycles. The molecule has 1 aromatic heterocycles. The van der Waals surface area contributed by atoms with E-state index >= 15 is 0 Å². The van der Waals surface area contributed by atoms with Gasteiger partial charge in [0, 0.05) is 39.5 Å². The van der Waals surface area contributed by atoms with Crippen LogP contribution in [-0.2, 0) is 25.9 Å². The lowest BCUT2D eigenvalue weighted by molar-refractivity contribution is -0.153. The number of aryl methyl sites for hydroxylation is 2. The average Bonchev–Trinajstić information content (AvgIpc) is 2.98. The molecule has 0 radical (unpaired) electrons. The van der Waals surface area contributed by atoms with Gasteiger partial charge in [-0.1, -0.05) is 18.6 Å². The molecule has 2 heterocycles. The van der Waals surface area contributed by atoms with Gasteiger partial charge < -0.3 is 19.9 Å². The van der Waals surface area contributed by atoms with E-state index in [1.807, 2.05) is 0 Å². The fourth-order valence-electron chi connectivity index (χ4n) is 3.46. The lowest BCUT2D eigenvalue weighted by Gasteiger charge is -2.13. The Morgan fingerprint density at radius 3 is 2.62 bits per heavy atom. The van der Waals surface area contributed by atoms with Crippen LogP contribution in [0.5, 0.6) is 5.75 Å². The van der Waals surface area contributed by atoms with Crippen molar-refractivity contribution in [2.24, 2.45) is 4.99 Å². The van der Waals surface area contributed by atoms with Crippen LogP contribution in [0.3, 0.4) is 0 Å². The third kappa shape index (κ3) is 8.47. The van der Waals surface area contributed by atoms with Crippen molar-refractivity contribution in [3.63, 3.8) is 0 Å². The average molecular weight is 566 g/mol. The Hall–Kier alpha value is -2.05. The minimum Gasteiger partial charge on any atom is -0.484 e. The Bertz CT molecular complexity index is 854. The maximum Gasteiger partial charge on any atom is 0.422 e. The highest BCUT2D eigenvalue weighted by molar-refractivity contribution is 14.0. The van der Waals surface area contributed by atoms with E-state index in [2.05, 4.69) is 30.4 Å². The fourth-order valence-corrected chi connectivity index (χ4v) is 3.46. The van der Waals surface area contributed by atoms with E-state index in [0.717, 1.165) is 49.6 Å². The predicted octanol–water partition coefficient (Wildman–Crippen LogP) is 3.86. The van der Waals surface area contributed by atoms with E-state index in [-0.39, 0.29) is 29.7 Å². The number of fused-ring (bicyclic) bond motifs is 1. The lowest BCUT2D eigenvalue weighted by atomic mass is 10.2. The molecule has 0 saturated heterocycles. The van der Waals surface area contributed by atoms with Crippen molar-refractivity contribution < 1.29 is 17.9 Å². The van der Waals surface area contributed by atoms with Crippen LogP contribution in [0.25, 0.3) is 0 Å². The standard InChI is InChI=1S/C21H29F3N6O.HI/c1-25-20(27-14-16-8-10-17(11-9-16)31-15-21(22,23)24)26-12-5-7-19-29-28-18-6-3-2-4-13-30(18)19;/h8-11H,2-7,12-15H2,1H3,(H2,25,26,27);1H. The zero-order chi connectivity index (χ0) is 22.1. The number of nitrogens with zero attached hydrogens (tertiary/aromatic N) is 4. The smallest absolute Gasteiger partial charge is 0.422 e. The van der Waals surface area contributed by atoms with E-state index in [4.69, 9.17) is 4.74 Å². The Balaban J connectivity index is 0.00000363. The monoisotopic (exact) mass is 566 g/mol. The van der Waals surface area contributed by atoms with Crippen LogP contribution in [0, 0.1) is 0 Å². The number of guanidine groups is 1. The largest absolute Gasteiger partial charge is 0.484 e. The van der Waals surface area contributed by atoms with Gasteiger partial charge in [-0.05, 0) is 37.0 Å². The van der Waals surface area contributed by atoms with E-state index in [0.29, 0.717) is 12.5 Å². The van der Waals surface area contributed by atoms with Crippen molar-refractivity contribution in [1.29, 1.82) is 0 Å². The Kier molecular flexibility index (Phi) is 10.5. The minimum absolute atomic E-state index is 0. The van der Waals surface area contributed by atoms with Crippen LogP contribution in [-0.4, -0.2) is 47.1 Å². The van der Waals surface area contributed by atoms with Gasteiger partial charge in [-0.15, -0.1) is 34.2 Å². The number of hydrogen-bond donors (Lipinski definition) is 2. The van der Waals surface area contributed by atoms with Gasteiger partial charge in [0.25, 0.3) is 0 Å². The van der Waals surface area contributed by atoms with Crippen molar-refractivity contribution in [3.8, 4) is 5.75 Å². The second-order valence-electron chi connectivity index (χ2n) is 7.50. The number of aromatic nitrogens is 3. The molecule has 32 heavy (non-hydrogen) atoms. The molecule has 1 aliphatic rings. The molecular formula is C21H30F3IN6O. The molecule has 0 fully saturated rings. The number of hydrogen-bond acceptors (Lipinski definition) is 4. The van der Waals surface area contributed by atoms with Crippen molar-refractivity contribution in [2.75, 3.05) is 20.2 Å². The number of rotatable bonds is 8. The summed E-state index contributed by atoms with van der Waals surface area (Å²) in [6.07, 6.45) is 2.05. The minimum atomic E-state index is -4.34. The van der Waals surface area contributed by atoms with Crippen molar-refractivity contribution in [3.05, 3.63) is 41.5 Å². The molecule has 7 nitrogen and oxygen atoms in total. The maximum atomic E-state index is 12.2. The third-order valence-electron chi connectivity index (χ3n) is 5.07. The summed E-state index contributed by atoms with van der Waals surface area (Å²) in [4.78, 5) is 4.21. The summed E-state index contributed by atoms with van der Waals surface area (Å²) in [5, 5.41) is 15.2. The first-order valence-corrected chi connectivity index (χ1v) is 10.6. The summed E-state index contributed by atoms with van der Waals surface area (Å²) >= 11 is 0. The van der Waals surface area contributed by atoms with Gasteiger partial charge in [-0.25, -0.2) is 0 Å². The molecule has 0 atom stereocenters. The molecule has 0 saturated carbocycles. The van der Waals surface area contributed by atoms with Crippen LogP contribution in [0.15, 0.2) is 29.3 Å². The first-order chi connectivity index (χ1) is 14.9. The molecule has 1 aliphatic heterocycles. The quantitative estimate of drug-likeness (QED) is 0.220. The molecule has 1 aromatic carbocycles. The van der Waals surface area contributed by atoms with E-state index in [9.17, 15) is 13.2 Å². The van der Waals surface area contributed by atoms with Crippen LogP contribution in [0.1, 0.15) is 42.9 Å². The number of alkyl halides is 3. The van der Waals surface area contributed by atoms with Crippen LogP contribution < -0.4 is 15.4 Å². The highest BCUT2D eigenvalue weighted by atomic mass is 127. The van der Waals surface area contributed by atoms with Crippen molar-refractivity contribution >= 4 is 29.9 Å². The van der Waals surface area contributed by atoms with Gasteiger partial charge in [-0.3, -0.25) is 4.99 Å². The summed E-state index contributed by atoms with van der Waals surface area (Å²) in [6.45, 7) is 0.954. The molecule has 178 valence electrons. The molecule has 3 rings (SSSR count). The first kappa shape index (κ1) is 26.2. The van der Waals surface area contributed by atoms with Gasteiger partial charge in [-0.2, -0.15) is 13.2 Å². The zero-order valence-electron chi connectivity index (χ0n) is 18.1. The molecule has 2 N–H and O–H groups in total. The summed E-state index contributed by atoms with van der Waals surface area (Å²) < 4.78 is 43.6. The second-order valence-corrected chi connectivity index (χ2v) is 7.50. The fraction of sp³-hybridized carbons (Fsp3) is 0.571. The molecule has 0 spiro atoms. The summed E-state index contributed by atoms with van der Waals surface area (Å²) in [5.41, 5.74) is 0.911. The van der Waals surface area contributed by atoms with Crippen LogP contribution in [0.4, 0.5) is 13.2 Å². The van der Waals surface area contributed by atoms with Gasteiger partial charge >= 0.3 is 6.18 Å².